The molecule has 23 heavy (non-hydrogen) atoms. The average Bonchev–Trinajstić information content (AvgIpc) is 2.47. The molecule has 0 unspecified atom stereocenters. The minimum atomic E-state index is -0.876. The number of unbranched alkanes of at least 4 members (excludes halogenated alkanes) is 2. The molecule has 0 rings (SSSR count). The summed E-state index contributed by atoms with van der Waals surface area (Å²) in [6, 6.07) is 0. The summed E-state index contributed by atoms with van der Waals surface area (Å²) in [5.74, 6) is -0.421. The van der Waals surface area contributed by atoms with Crippen molar-refractivity contribution in [3.05, 3.63) is 0 Å². The van der Waals surface area contributed by atoms with Gasteiger partial charge in [-0.2, -0.15) is 0 Å². The molecule has 0 fully saturated rings. The smallest absolute Gasteiger partial charge is 0.302 e. The second-order valence-corrected chi connectivity index (χ2v) is 6.17. The van der Waals surface area contributed by atoms with Crippen LogP contribution in [-0.4, -0.2) is 38.4 Å². The summed E-state index contributed by atoms with van der Waals surface area (Å²) in [7, 11) is 0. The van der Waals surface area contributed by atoms with E-state index in [1.54, 1.807) is 13.8 Å². The van der Waals surface area contributed by atoms with Crippen molar-refractivity contribution >= 4 is 11.9 Å². The standard InChI is InChI=1S/2C4H8O2.2C4H9O.Zr/c2*1-3-6-4(2)5;2*1-2-3-4-5;/h2*3H2,1-2H3;2*2-4H2,1H3;/q;;2*-1;+2. The van der Waals surface area contributed by atoms with E-state index in [2.05, 4.69) is 23.3 Å². The van der Waals surface area contributed by atoms with E-state index in [4.69, 9.17) is 5.63 Å². The van der Waals surface area contributed by atoms with Gasteiger partial charge in [0.15, 0.2) is 0 Å². The molecule has 0 heterocycles. The molecule has 0 amide bonds. The number of ether oxygens (including phenoxy) is 2. The minimum Gasteiger partial charge on any atom is -0.466 e. The molecule has 7 heteroatoms. The molecule has 0 saturated carbocycles. The van der Waals surface area contributed by atoms with Gasteiger partial charge < -0.3 is 9.47 Å². The third-order valence-corrected chi connectivity index (χ3v) is 3.60. The van der Waals surface area contributed by atoms with Crippen molar-refractivity contribution < 1.29 is 48.8 Å². The molecule has 0 aromatic rings. The van der Waals surface area contributed by atoms with Crippen molar-refractivity contribution in [1.82, 2.24) is 0 Å². The Bertz CT molecular complexity index is 225. The number of esters is 2. The Morgan fingerprint density at radius 1 is 0.739 bits per heavy atom. The van der Waals surface area contributed by atoms with Crippen LogP contribution in [0.1, 0.15) is 67.2 Å². The first-order valence-electron chi connectivity index (χ1n) is 8.21. The van der Waals surface area contributed by atoms with E-state index in [1.165, 1.54) is 39.5 Å². The molecule has 0 aromatic carbocycles. The normalized spacial score (nSPS) is 8.78. The average molecular weight is 414 g/mol. The quantitative estimate of drug-likeness (QED) is 0.402. The van der Waals surface area contributed by atoms with Crippen LogP contribution in [0, 0.1) is 0 Å². The molecule has 0 aliphatic carbocycles. The Balaban J connectivity index is -0.000000284. The van der Waals surface area contributed by atoms with Crippen molar-refractivity contribution in [3.63, 3.8) is 0 Å². The van der Waals surface area contributed by atoms with Crippen LogP contribution in [-0.2, 0) is 48.8 Å². The Morgan fingerprint density at radius 3 is 1.26 bits per heavy atom. The Hall–Kier alpha value is -0.257. The Kier molecular flexibility index (Phi) is 31.9. The molecular weight excluding hydrogens is 379 g/mol. The van der Waals surface area contributed by atoms with E-state index < -0.39 is 24.1 Å². The third-order valence-electron chi connectivity index (χ3n) is 2.01. The first-order chi connectivity index (χ1) is 11.0. The van der Waals surface area contributed by atoms with E-state index >= 15 is 0 Å². The number of hydrogen-bond acceptors (Lipinski definition) is 6. The number of hydrogen-bond donors (Lipinski definition) is 0. The molecule has 0 saturated heterocycles. The van der Waals surface area contributed by atoms with Gasteiger partial charge in [0.1, 0.15) is 0 Å². The zero-order chi connectivity index (χ0) is 18.3. The van der Waals surface area contributed by atoms with Gasteiger partial charge in [-0.15, -0.1) is 0 Å². The SMILES string of the molecule is CCCC[O][Zr][O]CCCC.CCOC(C)=O.CCOC(C)=O. The van der Waals surface area contributed by atoms with Crippen molar-refractivity contribution in [2.75, 3.05) is 26.4 Å². The maximum absolute atomic E-state index is 9.82. The van der Waals surface area contributed by atoms with Crippen LogP contribution in [0.5, 0.6) is 0 Å². The minimum absolute atomic E-state index is 0.211. The zero-order valence-electron chi connectivity index (χ0n) is 15.6. The summed E-state index contributed by atoms with van der Waals surface area (Å²) in [6.07, 6.45) is 4.79. The molecule has 0 atom stereocenters. The van der Waals surface area contributed by atoms with Crippen LogP contribution in [0.25, 0.3) is 0 Å². The topological polar surface area (TPSA) is 71.1 Å². The van der Waals surface area contributed by atoms with Crippen LogP contribution in [0.3, 0.4) is 0 Å². The molecule has 0 spiro atoms. The van der Waals surface area contributed by atoms with E-state index in [1.807, 2.05) is 0 Å². The van der Waals surface area contributed by atoms with Crippen LogP contribution < -0.4 is 0 Å². The maximum Gasteiger partial charge on any atom is 0.302 e. The molecule has 0 aliphatic rings. The molecule has 0 aromatic heterocycles. The van der Waals surface area contributed by atoms with Gasteiger partial charge in [0.2, 0.25) is 0 Å². The third kappa shape index (κ3) is 44.9. The van der Waals surface area contributed by atoms with Gasteiger partial charge in [-0.1, -0.05) is 0 Å². The van der Waals surface area contributed by atoms with Gasteiger partial charge in [0.25, 0.3) is 0 Å². The predicted octanol–water partition coefficient (Wildman–Crippen LogP) is 3.67. The molecule has 0 bridgehead atoms. The summed E-state index contributed by atoms with van der Waals surface area (Å²) in [5, 5.41) is 0. The van der Waals surface area contributed by atoms with Gasteiger partial charge in [0, 0.05) is 13.8 Å². The van der Waals surface area contributed by atoms with Crippen molar-refractivity contribution in [3.8, 4) is 0 Å². The summed E-state index contributed by atoms with van der Waals surface area (Å²) < 4.78 is 19.5. The molecule has 138 valence electrons. The van der Waals surface area contributed by atoms with Crippen LogP contribution >= 0.6 is 0 Å². The van der Waals surface area contributed by atoms with Gasteiger partial charge in [-0.25, -0.2) is 0 Å². The second kappa shape index (κ2) is 26.6. The first-order valence-corrected chi connectivity index (χ1v) is 10.2. The number of carbonyl (C=O) groups is 2. The molecule has 0 aliphatic heterocycles. The summed E-state index contributed by atoms with van der Waals surface area (Å²) in [5.41, 5.74) is 0. The fraction of sp³-hybridized carbons (Fsp3) is 0.875. The summed E-state index contributed by atoms with van der Waals surface area (Å²) >= 11 is -0.876. The van der Waals surface area contributed by atoms with Crippen molar-refractivity contribution in [2.24, 2.45) is 0 Å². The van der Waals surface area contributed by atoms with Crippen molar-refractivity contribution in [1.29, 1.82) is 0 Å². The maximum atomic E-state index is 9.82. The van der Waals surface area contributed by atoms with Crippen molar-refractivity contribution in [2.45, 2.75) is 67.2 Å². The van der Waals surface area contributed by atoms with Gasteiger partial charge in [-0.05, 0) is 13.8 Å². The van der Waals surface area contributed by atoms with E-state index in [-0.39, 0.29) is 11.9 Å². The summed E-state index contributed by atoms with van der Waals surface area (Å²) in [6.45, 7) is 13.5. The zero-order valence-corrected chi connectivity index (χ0v) is 18.1. The molecular formula is C16H34O6Zr. The molecule has 0 radical (unpaired) electrons. The fourth-order valence-electron chi connectivity index (χ4n) is 0.965. The fourth-order valence-corrected chi connectivity index (χ4v) is 2.29. The van der Waals surface area contributed by atoms with Gasteiger partial charge in [0.05, 0.1) is 13.2 Å². The van der Waals surface area contributed by atoms with Crippen LogP contribution in [0.2, 0.25) is 0 Å². The van der Waals surface area contributed by atoms with Crippen LogP contribution in [0.15, 0.2) is 0 Å². The van der Waals surface area contributed by atoms with E-state index in [0.717, 1.165) is 13.2 Å². The second-order valence-electron chi connectivity index (χ2n) is 4.34. The van der Waals surface area contributed by atoms with Gasteiger partial charge in [-0.3, -0.25) is 9.59 Å². The predicted molar refractivity (Wildman–Crippen MR) is 86.3 cm³/mol. The monoisotopic (exact) mass is 412 g/mol. The largest absolute Gasteiger partial charge is 0.466 e. The van der Waals surface area contributed by atoms with Gasteiger partial charge >= 0.3 is 94.4 Å². The van der Waals surface area contributed by atoms with E-state index in [9.17, 15) is 9.59 Å². The number of rotatable bonds is 10. The van der Waals surface area contributed by atoms with E-state index in [0.29, 0.717) is 13.2 Å². The Morgan fingerprint density at radius 2 is 1.09 bits per heavy atom. The molecule has 6 nitrogen and oxygen atoms in total. The first kappa shape index (κ1) is 27.6. The summed E-state index contributed by atoms with van der Waals surface area (Å²) in [4.78, 5) is 19.6. The number of carbonyl (C=O) groups excluding carboxylic acids is 2. The Labute approximate surface area is 154 Å². The van der Waals surface area contributed by atoms with Crippen LogP contribution in [0.4, 0.5) is 0 Å². The molecule has 0 N–H and O–H groups in total.